The van der Waals surface area contributed by atoms with Crippen molar-refractivity contribution in [2.45, 2.75) is 78.7 Å². The summed E-state index contributed by atoms with van der Waals surface area (Å²) in [5.41, 5.74) is 2.89. The molecule has 8 nitrogen and oxygen atoms in total. The average Bonchev–Trinajstić information content (AvgIpc) is 3.41. The number of benzene rings is 1. The van der Waals surface area contributed by atoms with Gasteiger partial charge in [-0.05, 0) is 75.5 Å². The third kappa shape index (κ3) is 6.21. The van der Waals surface area contributed by atoms with Gasteiger partial charge in [-0.1, -0.05) is 31.5 Å². The molecule has 0 aliphatic heterocycles. The summed E-state index contributed by atoms with van der Waals surface area (Å²) in [4.78, 5) is 22.9. The lowest BCUT2D eigenvalue weighted by Crippen LogP contribution is -2.43. The molecule has 0 radical (unpaired) electrons. The van der Waals surface area contributed by atoms with Crippen LogP contribution in [0.1, 0.15) is 70.7 Å². The number of hydrogen-bond donors (Lipinski definition) is 1. The van der Waals surface area contributed by atoms with Crippen LogP contribution in [0.15, 0.2) is 29.0 Å². The van der Waals surface area contributed by atoms with Gasteiger partial charge in [0.25, 0.3) is 0 Å². The maximum atomic E-state index is 12.2. The van der Waals surface area contributed by atoms with Crippen LogP contribution in [0.25, 0.3) is 11.0 Å². The summed E-state index contributed by atoms with van der Waals surface area (Å²) in [6, 6.07) is 6.37. The highest BCUT2D eigenvalue weighted by atomic mass is 16.5. The molecule has 190 valence electrons. The van der Waals surface area contributed by atoms with Crippen LogP contribution in [-0.2, 0) is 18.4 Å². The van der Waals surface area contributed by atoms with Crippen LogP contribution in [0.4, 0.5) is 4.79 Å². The molecular formula is C27H39N5O3. The third-order valence-corrected chi connectivity index (χ3v) is 7.10. The second kappa shape index (κ2) is 10.4. The van der Waals surface area contributed by atoms with Crippen molar-refractivity contribution in [2.75, 3.05) is 13.1 Å². The normalized spacial score (nSPS) is 18.9. The number of carbonyl (C=O) groups is 1. The molecule has 2 aromatic heterocycles. The minimum absolute atomic E-state index is 0.332. The highest BCUT2D eigenvalue weighted by Gasteiger charge is 2.34. The first-order valence-electron chi connectivity index (χ1n) is 12.8. The van der Waals surface area contributed by atoms with Crippen molar-refractivity contribution in [2.24, 2.45) is 17.8 Å². The van der Waals surface area contributed by atoms with Gasteiger partial charge in [0.2, 0.25) is 5.89 Å². The van der Waals surface area contributed by atoms with Crippen LogP contribution in [0.3, 0.4) is 0 Å². The molecule has 1 aromatic carbocycles. The number of carboxylic acid groups (broad SMARTS) is 1. The van der Waals surface area contributed by atoms with Crippen LogP contribution in [0, 0.1) is 24.7 Å². The fourth-order valence-electron chi connectivity index (χ4n) is 5.37. The molecule has 1 aliphatic carbocycles. The number of fused-ring (bicyclic) bond motifs is 1. The van der Waals surface area contributed by atoms with E-state index in [1.165, 1.54) is 17.5 Å². The van der Waals surface area contributed by atoms with E-state index in [1.54, 1.807) is 4.90 Å². The van der Waals surface area contributed by atoms with E-state index in [2.05, 4.69) is 58.7 Å². The molecule has 0 saturated heterocycles. The van der Waals surface area contributed by atoms with Gasteiger partial charge in [-0.25, -0.2) is 9.78 Å². The number of aryl methyl sites for hydroxylation is 1. The molecule has 2 heterocycles. The molecule has 2 unspecified atom stereocenters. The first-order valence-corrected chi connectivity index (χ1v) is 12.8. The van der Waals surface area contributed by atoms with Crippen LogP contribution in [0.2, 0.25) is 0 Å². The number of hydrogen-bond acceptors (Lipinski definition) is 5. The Hall–Kier alpha value is -2.90. The maximum absolute atomic E-state index is 12.2. The predicted octanol–water partition coefficient (Wildman–Crippen LogP) is 5.69. The van der Waals surface area contributed by atoms with Gasteiger partial charge in [-0.2, -0.15) is 4.98 Å². The lowest BCUT2D eigenvalue weighted by atomic mass is 9.80. The number of nitrogens with zero attached hydrogens (tertiary/aromatic N) is 5. The maximum Gasteiger partial charge on any atom is 0.407 e. The second-order valence-corrected chi connectivity index (χ2v) is 11.4. The Morgan fingerprint density at radius 3 is 2.80 bits per heavy atom. The van der Waals surface area contributed by atoms with Crippen molar-refractivity contribution in [1.82, 2.24) is 24.6 Å². The van der Waals surface area contributed by atoms with Crippen molar-refractivity contribution < 1.29 is 14.4 Å². The number of rotatable bonds is 9. The predicted molar refractivity (Wildman–Crippen MR) is 135 cm³/mol. The minimum atomic E-state index is -0.891. The van der Waals surface area contributed by atoms with Crippen molar-refractivity contribution in [3.05, 3.63) is 41.8 Å². The molecule has 0 bridgehead atoms. The SMILES string of the molecule is Cc1ccc2ncn(CC3CCCC(CN(CC(C)(C)c4nc(CC(C)C)no4)C(=O)O)C3)c2c1. The number of aromatic nitrogens is 4. The first kappa shape index (κ1) is 25.2. The Bertz CT molecular complexity index is 1150. The van der Waals surface area contributed by atoms with Gasteiger partial charge in [-0.15, -0.1) is 0 Å². The van der Waals surface area contributed by atoms with Crippen LogP contribution >= 0.6 is 0 Å². The Morgan fingerprint density at radius 2 is 2.06 bits per heavy atom. The van der Waals surface area contributed by atoms with E-state index < -0.39 is 11.5 Å². The van der Waals surface area contributed by atoms with Crippen LogP contribution in [0.5, 0.6) is 0 Å². The summed E-state index contributed by atoms with van der Waals surface area (Å²) in [6.45, 7) is 12.1. The first-order chi connectivity index (χ1) is 16.6. The lowest BCUT2D eigenvalue weighted by molar-refractivity contribution is 0.108. The summed E-state index contributed by atoms with van der Waals surface area (Å²) in [5, 5.41) is 14.1. The molecule has 3 aromatic rings. The van der Waals surface area contributed by atoms with E-state index >= 15 is 0 Å². The second-order valence-electron chi connectivity index (χ2n) is 11.4. The van der Waals surface area contributed by atoms with Crippen molar-refractivity contribution in [3.8, 4) is 0 Å². The van der Waals surface area contributed by atoms with Gasteiger partial charge in [0.15, 0.2) is 5.82 Å². The van der Waals surface area contributed by atoms with Crippen LogP contribution < -0.4 is 0 Å². The number of imidazole rings is 1. The smallest absolute Gasteiger partial charge is 0.407 e. The van der Waals surface area contributed by atoms with E-state index in [0.29, 0.717) is 42.6 Å². The summed E-state index contributed by atoms with van der Waals surface area (Å²) in [7, 11) is 0. The topological polar surface area (TPSA) is 97.3 Å². The molecule has 35 heavy (non-hydrogen) atoms. The molecule has 1 aliphatic rings. The summed E-state index contributed by atoms with van der Waals surface area (Å²) in [6.07, 6.45) is 6.17. The van der Waals surface area contributed by atoms with E-state index in [4.69, 9.17) is 4.52 Å². The van der Waals surface area contributed by atoms with Gasteiger partial charge in [-0.3, -0.25) is 0 Å². The van der Waals surface area contributed by atoms with Gasteiger partial charge < -0.3 is 19.1 Å². The summed E-state index contributed by atoms with van der Waals surface area (Å²) >= 11 is 0. The largest absolute Gasteiger partial charge is 0.465 e. The highest BCUT2D eigenvalue weighted by molar-refractivity contribution is 5.76. The van der Waals surface area contributed by atoms with Crippen LogP contribution in [-0.4, -0.2) is 48.9 Å². The molecule has 1 N–H and O–H groups in total. The molecule has 1 fully saturated rings. The standard InChI is InChI=1S/C27H39N5O3/c1-18(2)11-24-29-25(35-30-24)27(4,5)16-31(26(33)34)14-20-7-6-8-21(13-20)15-32-17-28-22-10-9-19(3)12-23(22)32/h9-10,12,17-18,20-21H,6-8,11,13-16H2,1-5H3,(H,33,34). The zero-order chi connectivity index (χ0) is 25.2. The van der Waals surface area contributed by atoms with Crippen molar-refractivity contribution in [3.63, 3.8) is 0 Å². The monoisotopic (exact) mass is 481 g/mol. The Morgan fingerprint density at radius 1 is 1.29 bits per heavy atom. The van der Waals surface area contributed by atoms with Gasteiger partial charge >= 0.3 is 6.09 Å². The molecular weight excluding hydrogens is 442 g/mol. The average molecular weight is 482 g/mol. The molecule has 1 saturated carbocycles. The minimum Gasteiger partial charge on any atom is -0.465 e. The molecule has 4 rings (SSSR count). The van der Waals surface area contributed by atoms with E-state index in [0.717, 1.165) is 37.7 Å². The quantitative estimate of drug-likeness (QED) is 0.422. The van der Waals surface area contributed by atoms with Gasteiger partial charge in [0.1, 0.15) is 0 Å². The zero-order valence-corrected chi connectivity index (χ0v) is 21.7. The molecule has 8 heteroatoms. The van der Waals surface area contributed by atoms with Crippen molar-refractivity contribution in [1.29, 1.82) is 0 Å². The number of amides is 1. The van der Waals surface area contributed by atoms with Gasteiger partial charge in [0, 0.05) is 26.1 Å². The summed E-state index contributed by atoms with van der Waals surface area (Å²) in [5.74, 6) is 2.48. The van der Waals surface area contributed by atoms with E-state index in [-0.39, 0.29) is 0 Å². The third-order valence-electron chi connectivity index (χ3n) is 7.10. The lowest BCUT2D eigenvalue weighted by Gasteiger charge is -2.35. The molecule has 2 atom stereocenters. The highest BCUT2D eigenvalue weighted by Crippen LogP contribution is 2.33. The van der Waals surface area contributed by atoms with E-state index in [9.17, 15) is 9.90 Å². The fraction of sp³-hybridized carbons (Fsp3) is 0.630. The summed E-state index contributed by atoms with van der Waals surface area (Å²) < 4.78 is 7.79. The Labute approximate surface area is 207 Å². The fourth-order valence-corrected chi connectivity index (χ4v) is 5.37. The molecule has 1 amide bonds. The Balaban J connectivity index is 1.39. The van der Waals surface area contributed by atoms with Gasteiger partial charge in [0.05, 0.1) is 22.8 Å². The van der Waals surface area contributed by atoms with Crippen molar-refractivity contribution >= 4 is 17.1 Å². The zero-order valence-electron chi connectivity index (χ0n) is 21.7. The Kier molecular flexibility index (Phi) is 7.47. The molecule has 0 spiro atoms. The van der Waals surface area contributed by atoms with E-state index in [1.807, 2.05) is 20.2 Å².